The van der Waals surface area contributed by atoms with E-state index in [9.17, 15) is 14.6 Å². The van der Waals surface area contributed by atoms with Crippen molar-refractivity contribution in [2.24, 2.45) is 5.92 Å². The molecule has 5 nitrogen and oxygen atoms in total. The summed E-state index contributed by atoms with van der Waals surface area (Å²) in [5.74, 6) is 0.0819. The largest absolute Gasteiger partial charge is 0.498 e. The van der Waals surface area contributed by atoms with Crippen molar-refractivity contribution in [3.8, 4) is 0 Å². The fourth-order valence-corrected chi connectivity index (χ4v) is 2.63. The van der Waals surface area contributed by atoms with E-state index < -0.39 is 12.3 Å². The molecule has 0 bridgehead atoms. The summed E-state index contributed by atoms with van der Waals surface area (Å²) in [5.41, 5.74) is 1.45. The van der Waals surface area contributed by atoms with Crippen LogP contribution in [0.3, 0.4) is 0 Å². The van der Waals surface area contributed by atoms with Gasteiger partial charge in [-0.25, -0.2) is 4.39 Å². The lowest BCUT2D eigenvalue weighted by molar-refractivity contribution is 0.0244. The van der Waals surface area contributed by atoms with Crippen molar-refractivity contribution < 1.29 is 24.1 Å². The van der Waals surface area contributed by atoms with Crippen LogP contribution in [-0.2, 0) is 16.1 Å². The maximum atomic E-state index is 12.9. The number of rotatable bonds is 14. The van der Waals surface area contributed by atoms with E-state index in [1.807, 2.05) is 0 Å². The molecule has 1 saturated carbocycles. The first-order valence-corrected chi connectivity index (χ1v) is 9.74. The monoisotopic (exact) mass is 403 g/mol. The Balaban J connectivity index is 1.72. The number of allylic oxidation sites excluding steroid dienone is 3. The van der Waals surface area contributed by atoms with Gasteiger partial charge in [-0.15, -0.1) is 6.58 Å². The highest BCUT2D eigenvalue weighted by molar-refractivity contribution is 5.20. The summed E-state index contributed by atoms with van der Waals surface area (Å²) in [7, 11) is 0. The lowest BCUT2D eigenvalue weighted by Crippen LogP contribution is -2.31. The zero-order chi connectivity index (χ0) is 21.1. The van der Waals surface area contributed by atoms with Gasteiger partial charge in [-0.3, -0.25) is 0 Å². The van der Waals surface area contributed by atoms with E-state index in [2.05, 4.69) is 18.5 Å². The summed E-state index contributed by atoms with van der Waals surface area (Å²) in [6, 6.07) is 6.06. The topological polar surface area (TPSA) is 71.0 Å². The van der Waals surface area contributed by atoms with Crippen molar-refractivity contribution in [2.75, 3.05) is 6.61 Å². The average molecular weight is 403 g/mol. The van der Waals surface area contributed by atoms with Crippen LogP contribution in [0.15, 0.2) is 73.7 Å². The molecule has 1 aliphatic rings. The first kappa shape index (κ1) is 22.9. The first-order chi connectivity index (χ1) is 14.0. The fraction of sp³-hybridized carbons (Fsp3) is 0.391. The van der Waals surface area contributed by atoms with Crippen LogP contribution in [0.25, 0.3) is 0 Å². The van der Waals surface area contributed by atoms with Gasteiger partial charge in [0.2, 0.25) is 0 Å². The fourth-order valence-electron chi connectivity index (χ4n) is 2.63. The number of hydrogen-bond donors (Lipinski definition) is 3. The summed E-state index contributed by atoms with van der Waals surface area (Å²) >= 11 is 0. The Hall–Kier alpha value is -2.41. The van der Waals surface area contributed by atoms with Gasteiger partial charge < -0.3 is 25.0 Å². The Morgan fingerprint density at radius 3 is 2.59 bits per heavy atom. The van der Waals surface area contributed by atoms with Crippen LogP contribution in [0.5, 0.6) is 0 Å². The SMILES string of the molecule is C=C/C(=C\C=C\OCC(O)C1CC1)NC(O)CC(C=C)OCc1ccc(F)cc1. The number of aliphatic hydroxyl groups excluding tert-OH is 2. The van der Waals surface area contributed by atoms with Crippen LogP contribution in [0.2, 0.25) is 0 Å². The van der Waals surface area contributed by atoms with Crippen LogP contribution in [0.1, 0.15) is 24.8 Å². The average Bonchev–Trinajstić information content (AvgIpc) is 3.56. The molecule has 0 aliphatic heterocycles. The van der Waals surface area contributed by atoms with Gasteiger partial charge in [0, 0.05) is 12.1 Å². The van der Waals surface area contributed by atoms with E-state index in [1.54, 1.807) is 36.4 Å². The van der Waals surface area contributed by atoms with Gasteiger partial charge in [0.25, 0.3) is 0 Å². The van der Waals surface area contributed by atoms with Crippen molar-refractivity contribution in [3.63, 3.8) is 0 Å². The van der Waals surface area contributed by atoms with Gasteiger partial charge in [-0.2, -0.15) is 0 Å². The second-order valence-electron chi connectivity index (χ2n) is 7.00. The third-order valence-corrected chi connectivity index (χ3v) is 4.53. The molecule has 1 aliphatic carbocycles. The summed E-state index contributed by atoms with van der Waals surface area (Å²) in [6.07, 6.45) is 8.83. The van der Waals surface area contributed by atoms with Crippen LogP contribution >= 0.6 is 0 Å². The molecular formula is C23H30FNO4. The number of nitrogens with one attached hydrogen (secondary N) is 1. The number of halogens is 1. The smallest absolute Gasteiger partial charge is 0.127 e. The maximum Gasteiger partial charge on any atom is 0.127 e. The lowest BCUT2D eigenvalue weighted by Gasteiger charge is -2.20. The molecule has 3 atom stereocenters. The molecule has 1 aromatic rings. The third-order valence-electron chi connectivity index (χ3n) is 4.53. The summed E-state index contributed by atoms with van der Waals surface area (Å²) in [6.45, 7) is 8.02. The quantitative estimate of drug-likeness (QED) is 0.192. The van der Waals surface area contributed by atoms with Crippen LogP contribution in [0, 0.1) is 11.7 Å². The van der Waals surface area contributed by atoms with Gasteiger partial charge in [-0.05, 0) is 54.7 Å². The normalized spacial score (nSPS) is 17.6. The second kappa shape index (κ2) is 12.2. The van der Waals surface area contributed by atoms with E-state index in [0.717, 1.165) is 18.4 Å². The minimum absolute atomic E-state index is 0.279. The molecule has 3 N–H and O–H groups in total. The van der Waals surface area contributed by atoms with E-state index in [4.69, 9.17) is 9.47 Å². The molecule has 1 aromatic carbocycles. The lowest BCUT2D eigenvalue weighted by atomic mass is 10.2. The number of benzene rings is 1. The Bertz CT molecular complexity index is 697. The van der Waals surface area contributed by atoms with Gasteiger partial charge in [0.1, 0.15) is 18.7 Å². The maximum absolute atomic E-state index is 12.9. The molecule has 1 fully saturated rings. The minimum Gasteiger partial charge on any atom is -0.498 e. The zero-order valence-electron chi connectivity index (χ0n) is 16.5. The van der Waals surface area contributed by atoms with Crippen molar-refractivity contribution in [2.45, 2.75) is 44.3 Å². The zero-order valence-corrected chi connectivity index (χ0v) is 16.5. The molecular weight excluding hydrogens is 373 g/mol. The van der Waals surface area contributed by atoms with Crippen molar-refractivity contribution in [1.29, 1.82) is 0 Å². The van der Waals surface area contributed by atoms with Crippen molar-refractivity contribution in [3.05, 3.63) is 85.1 Å². The molecule has 158 valence electrons. The Morgan fingerprint density at radius 2 is 1.97 bits per heavy atom. The van der Waals surface area contributed by atoms with Crippen LogP contribution in [-0.4, -0.2) is 35.3 Å². The van der Waals surface area contributed by atoms with Crippen molar-refractivity contribution >= 4 is 0 Å². The predicted octanol–water partition coefficient (Wildman–Crippen LogP) is 3.57. The molecule has 0 saturated heterocycles. The van der Waals surface area contributed by atoms with Crippen molar-refractivity contribution in [1.82, 2.24) is 5.32 Å². The standard InChI is InChI=1S/C23H30FNO4/c1-3-20(6-5-13-28-16-22(26)18-9-10-18)25-23(27)14-21(4-2)29-15-17-7-11-19(24)12-8-17/h3-8,11-13,18,21-23,25-27H,1-2,9-10,14-16H2/b13-5+,20-6+. The van der Waals surface area contributed by atoms with E-state index in [0.29, 0.717) is 18.2 Å². The molecule has 2 rings (SSSR count). The molecule has 0 radical (unpaired) electrons. The third kappa shape index (κ3) is 9.09. The summed E-state index contributed by atoms with van der Waals surface area (Å²) in [4.78, 5) is 0. The summed E-state index contributed by atoms with van der Waals surface area (Å²) in [5, 5.41) is 22.9. The van der Waals surface area contributed by atoms with Gasteiger partial charge in [-0.1, -0.05) is 24.8 Å². The molecule has 0 spiro atoms. The molecule has 6 heteroatoms. The van der Waals surface area contributed by atoms with Gasteiger partial charge >= 0.3 is 0 Å². The van der Waals surface area contributed by atoms with E-state index in [1.165, 1.54) is 18.4 Å². The van der Waals surface area contributed by atoms with Gasteiger partial charge in [0.05, 0.1) is 25.1 Å². The highest BCUT2D eigenvalue weighted by atomic mass is 19.1. The summed E-state index contributed by atoms with van der Waals surface area (Å²) < 4.78 is 24.0. The van der Waals surface area contributed by atoms with E-state index in [-0.39, 0.29) is 24.9 Å². The Labute approximate surface area is 171 Å². The molecule has 29 heavy (non-hydrogen) atoms. The molecule has 0 heterocycles. The predicted molar refractivity (Wildman–Crippen MR) is 111 cm³/mol. The minimum atomic E-state index is -0.874. The van der Waals surface area contributed by atoms with Crippen LogP contribution < -0.4 is 5.32 Å². The van der Waals surface area contributed by atoms with E-state index >= 15 is 0 Å². The van der Waals surface area contributed by atoms with Crippen LogP contribution in [0.4, 0.5) is 4.39 Å². The number of hydrogen-bond acceptors (Lipinski definition) is 5. The number of ether oxygens (including phenoxy) is 2. The molecule has 0 aromatic heterocycles. The molecule has 0 amide bonds. The van der Waals surface area contributed by atoms with Gasteiger partial charge in [0.15, 0.2) is 0 Å². The highest BCUT2D eigenvalue weighted by Crippen LogP contribution is 2.32. The first-order valence-electron chi connectivity index (χ1n) is 9.74. The molecule has 3 unspecified atom stereocenters. The second-order valence-corrected chi connectivity index (χ2v) is 7.00. The Morgan fingerprint density at radius 1 is 1.24 bits per heavy atom. The number of aliphatic hydroxyl groups is 2. The highest BCUT2D eigenvalue weighted by Gasteiger charge is 2.29. The Kier molecular flexibility index (Phi) is 9.64.